The third kappa shape index (κ3) is 4.96. The minimum Gasteiger partial charge on any atom is -0.378 e. The Morgan fingerprint density at radius 2 is 1.85 bits per heavy atom. The number of benzene rings is 1. The van der Waals surface area contributed by atoms with Gasteiger partial charge in [0.25, 0.3) is 5.91 Å². The molecule has 2 fully saturated rings. The van der Waals surface area contributed by atoms with Gasteiger partial charge in [-0.05, 0) is 31.0 Å². The van der Waals surface area contributed by atoms with Crippen LogP contribution in [0.5, 0.6) is 0 Å². The summed E-state index contributed by atoms with van der Waals surface area (Å²) in [5.41, 5.74) is 0.745. The van der Waals surface area contributed by atoms with Crippen molar-refractivity contribution in [1.82, 2.24) is 29.6 Å². The van der Waals surface area contributed by atoms with Crippen LogP contribution in [0.2, 0.25) is 0 Å². The second kappa shape index (κ2) is 10.8. The van der Waals surface area contributed by atoms with Gasteiger partial charge < -0.3 is 28.9 Å². The summed E-state index contributed by atoms with van der Waals surface area (Å²) in [6, 6.07) is 4.69. The molecule has 6 rings (SSSR count). The van der Waals surface area contributed by atoms with E-state index < -0.39 is 11.6 Å². The van der Waals surface area contributed by atoms with Crippen LogP contribution in [0.1, 0.15) is 54.8 Å². The Morgan fingerprint density at radius 3 is 2.55 bits per heavy atom. The molecule has 1 aromatic carbocycles. The first kappa shape index (κ1) is 26.1. The Morgan fingerprint density at radius 1 is 1.07 bits per heavy atom. The number of aromatic nitrogens is 5. The predicted octanol–water partition coefficient (Wildman–Crippen LogP) is 4.27. The van der Waals surface area contributed by atoms with Gasteiger partial charge in [0.1, 0.15) is 23.6 Å². The molecule has 210 valence electrons. The lowest BCUT2D eigenvalue weighted by atomic mass is 10.1. The summed E-state index contributed by atoms with van der Waals surface area (Å²) in [7, 11) is 0. The van der Waals surface area contributed by atoms with Crippen LogP contribution >= 0.6 is 0 Å². The summed E-state index contributed by atoms with van der Waals surface area (Å²) < 4.78 is 42.9. The van der Waals surface area contributed by atoms with E-state index in [-0.39, 0.29) is 40.3 Å². The van der Waals surface area contributed by atoms with E-state index in [0.29, 0.717) is 56.9 Å². The minimum absolute atomic E-state index is 0.000657. The summed E-state index contributed by atoms with van der Waals surface area (Å²) in [4.78, 5) is 29.4. The first-order valence-electron chi connectivity index (χ1n) is 13.4. The first-order valence-corrected chi connectivity index (χ1v) is 13.4. The quantitative estimate of drug-likeness (QED) is 0.374. The van der Waals surface area contributed by atoms with Gasteiger partial charge in [0, 0.05) is 49.9 Å². The van der Waals surface area contributed by atoms with Crippen molar-refractivity contribution in [1.29, 1.82) is 0 Å². The fourth-order valence-corrected chi connectivity index (χ4v) is 5.16. The average Bonchev–Trinajstić information content (AvgIpc) is 3.60. The summed E-state index contributed by atoms with van der Waals surface area (Å²) in [5.74, 6) is -0.403. The van der Waals surface area contributed by atoms with Crippen LogP contribution in [0.25, 0.3) is 11.0 Å². The SMILES string of the molecule is CC(C)c1noc(N2CCC(n3cc(F)c4c(Nc5ccc(C(=O)N6CCOCC6)cc5F)ncnc43)CC2)n1. The Hall–Kier alpha value is -4.13. The number of rotatable bonds is 6. The molecule has 2 aliphatic heterocycles. The smallest absolute Gasteiger partial charge is 0.324 e. The van der Waals surface area contributed by atoms with E-state index in [9.17, 15) is 4.79 Å². The number of ether oxygens (including phenoxy) is 1. The van der Waals surface area contributed by atoms with Crippen LogP contribution in [0.15, 0.2) is 35.2 Å². The molecule has 0 bridgehead atoms. The summed E-state index contributed by atoms with van der Waals surface area (Å²) in [6.45, 7) is 7.20. The van der Waals surface area contributed by atoms with Crippen LogP contribution in [0.3, 0.4) is 0 Å². The van der Waals surface area contributed by atoms with Gasteiger partial charge in [-0.1, -0.05) is 19.0 Å². The second-order valence-electron chi connectivity index (χ2n) is 10.3. The summed E-state index contributed by atoms with van der Waals surface area (Å²) >= 11 is 0. The van der Waals surface area contributed by atoms with Crippen molar-refractivity contribution in [2.24, 2.45) is 0 Å². The van der Waals surface area contributed by atoms with E-state index in [0.717, 1.165) is 12.8 Å². The highest BCUT2D eigenvalue weighted by Crippen LogP contribution is 2.34. The van der Waals surface area contributed by atoms with Crippen LogP contribution in [0.4, 0.5) is 26.3 Å². The third-order valence-corrected chi connectivity index (χ3v) is 7.41. The number of carbonyl (C=O) groups is 1. The van der Waals surface area contributed by atoms with Gasteiger partial charge in [0.15, 0.2) is 11.6 Å². The number of nitrogens with zero attached hydrogens (tertiary/aromatic N) is 7. The van der Waals surface area contributed by atoms with Crippen molar-refractivity contribution in [2.45, 2.75) is 38.6 Å². The van der Waals surface area contributed by atoms with E-state index in [1.54, 1.807) is 11.0 Å². The monoisotopic (exact) mass is 552 g/mol. The molecule has 5 heterocycles. The molecule has 0 aliphatic carbocycles. The molecule has 40 heavy (non-hydrogen) atoms. The Balaban J connectivity index is 1.19. The van der Waals surface area contributed by atoms with Crippen LogP contribution in [-0.4, -0.2) is 74.9 Å². The van der Waals surface area contributed by atoms with Gasteiger partial charge in [0.2, 0.25) is 0 Å². The van der Waals surface area contributed by atoms with Crippen molar-refractivity contribution < 1.29 is 22.8 Å². The number of fused-ring (bicyclic) bond motifs is 1. The molecule has 0 saturated carbocycles. The van der Waals surface area contributed by atoms with E-state index in [1.807, 2.05) is 23.3 Å². The zero-order valence-electron chi connectivity index (χ0n) is 22.3. The Kier molecular flexibility index (Phi) is 7.05. The molecule has 3 aromatic heterocycles. The minimum atomic E-state index is -0.639. The van der Waals surface area contributed by atoms with Gasteiger partial charge in [-0.2, -0.15) is 4.98 Å². The molecule has 0 unspecified atom stereocenters. The van der Waals surface area contributed by atoms with Crippen LogP contribution in [0, 0.1) is 11.6 Å². The highest BCUT2D eigenvalue weighted by Gasteiger charge is 2.28. The highest BCUT2D eigenvalue weighted by atomic mass is 19.1. The molecule has 2 saturated heterocycles. The molecule has 11 nitrogen and oxygen atoms in total. The van der Waals surface area contributed by atoms with Crippen molar-refractivity contribution in [3.05, 3.63) is 53.7 Å². The Labute approximate surface area is 229 Å². The number of anilines is 3. The molecule has 4 aromatic rings. The number of halogens is 2. The van der Waals surface area contributed by atoms with Gasteiger partial charge >= 0.3 is 6.01 Å². The maximum absolute atomic E-state index is 15.3. The standard InChI is InChI=1S/C27H30F2N8O3/c1-16(2)23-33-27(40-34-23)36-7-5-18(6-8-36)37-14-20(29)22-24(30-15-31-25(22)37)32-21-4-3-17(13-19(21)28)26(38)35-9-11-39-12-10-35/h3-4,13-16,18H,5-12H2,1-2H3,(H,30,31,32). The molecule has 0 atom stereocenters. The number of hydrogen-bond acceptors (Lipinski definition) is 9. The second-order valence-corrected chi connectivity index (χ2v) is 10.3. The van der Waals surface area contributed by atoms with Crippen molar-refractivity contribution >= 4 is 34.5 Å². The van der Waals surface area contributed by atoms with Crippen molar-refractivity contribution in [2.75, 3.05) is 49.6 Å². The number of carbonyl (C=O) groups excluding carboxylic acids is 1. The van der Waals surface area contributed by atoms with E-state index in [4.69, 9.17) is 9.26 Å². The van der Waals surface area contributed by atoms with E-state index >= 15 is 8.78 Å². The number of amides is 1. The van der Waals surface area contributed by atoms with Gasteiger partial charge in [-0.25, -0.2) is 18.7 Å². The topological polar surface area (TPSA) is 114 Å². The molecule has 1 amide bonds. The maximum Gasteiger partial charge on any atom is 0.324 e. The van der Waals surface area contributed by atoms with E-state index in [2.05, 4.69) is 25.4 Å². The molecular weight excluding hydrogens is 522 g/mol. The van der Waals surface area contributed by atoms with Gasteiger partial charge in [-0.15, -0.1) is 0 Å². The molecule has 13 heteroatoms. The van der Waals surface area contributed by atoms with Gasteiger partial charge in [0.05, 0.1) is 24.3 Å². The van der Waals surface area contributed by atoms with Crippen molar-refractivity contribution in [3.63, 3.8) is 0 Å². The number of nitrogens with one attached hydrogen (secondary N) is 1. The summed E-state index contributed by atoms with van der Waals surface area (Å²) in [5, 5.41) is 7.12. The number of morpholine rings is 1. The predicted molar refractivity (Wildman–Crippen MR) is 143 cm³/mol. The molecular formula is C27H30F2N8O3. The molecule has 1 N–H and O–H groups in total. The fourth-order valence-electron chi connectivity index (χ4n) is 5.16. The number of hydrogen-bond donors (Lipinski definition) is 1. The van der Waals surface area contributed by atoms with E-state index in [1.165, 1.54) is 24.7 Å². The normalized spacial score (nSPS) is 16.7. The lowest BCUT2D eigenvalue weighted by Gasteiger charge is -2.31. The van der Waals surface area contributed by atoms with Crippen LogP contribution < -0.4 is 10.2 Å². The molecule has 2 aliphatic rings. The average molecular weight is 553 g/mol. The first-order chi connectivity index (χ1) is 19.4. The lowest BCUT2D eigenvalue weighted by Crippen LogP contribution is -2.40. The molecule has 0 spiro atoms. The molecule has 0 radical (unpaired) electrons. The fraction of sp³-hybridized carbons (Fsp3) is 0.444. The largest absolute Gasteiger partial charge is 0.378 e. The maximum atomic E-state index is 15.3. The van der Waals surface area contributed by atoms with Crippen molar-refractivity contribution in [3.8, 4) is 0 Å². The Bertz CT molecular complexity index is 1520. The highest BCUT2D eigenvalue weighted by molar-refractivity contribution is 5.95. The third-order valence-electron chi connectivity index (χ3n) is 7.41. The summed E-state index contributed by atoms with van der Waals surface area (Å²) in [6.07, 6.45) is 4.20. The zero-order valence-corrected chi connectivity index (χ0v) is 22.3. The van der Waals surface area contributed by atoms with Crippen LogP contribution in [-0.2, 0) is 4.74 Å². The lowest BCUT2D eigenvalue weighted by molar-refractivity contribution is 0.0302. The van der Waals surface area contributed by atoms with Gasteiger partial charge in [-0.3, -0.25) is 4.79 Å². The zero-order chi connectivity index (χ0) is 27.8. The number of piperidine rings is 1.